The molecule has 1 saturated heterocycles. The third-order valence-electron chi connectivity index (χ3n) is 4.88. The van der Waals surface area contributed by atoms with E-state index in [9.17, 15) is 35.7 Å². The summed E-state index contributed by atoms with van der Waals surface area (Å²) in [5, 5.41) is 3.19. The topological polar surface area (TPSA) is 132 Å². The second-order valence-corrected chi connectivity index (χ2v) is 8.48. The molecule has 0 saturated carbocycles. The van der Waals surface area contributed by atoms with Crippen LogP contribution in [0.5, 0.6) is 0 Å². The summed E-state index contributed by atoms with van der Waals surface area (Å²) in [6.07, 6.45) is -7.18. The molecule has 184 valence electrons. The Morgan fingerprint density at radius 3 is 2.45 bits per heavy atom. The number of hydroxylamine groups is 1. The van der Waals surface area contributed by atoms with Gasteiger partial charge in [0.25, 0.3) is 0 Å². The number of hydrogen-bond acceptors (Lipinski definition) is 7. The highest BCUT2D eigenvalue weighted by molar-refractivity contribution is 7.46. The van der Waals surface area contributed by atoms with Gasteiger partial charge in [0.05, 0.1) is 6.54 Å². The van der Waals surface area contributed by atoms with E-state index in [0.717, 1.165) is 4.90 Å². The van der Waals surface area contributed by atoms with Gasteiger partial charge in [0.15, 0.2) is 17.8 Å². The van der Waals surface area contributed by atoms with Gasteiger partial charge < -0.3 is 25.3 Å². The summed E-state index contributed by atoms with van der Waals surface area (Å²) in [5.41, 5.74) is 5.55. The highest BCUT2D eigenvalue weighted by Gasteiger charge is 2.52. The first-order valence-corrected chi connectivity index (χ1v) is 10.8. The van der Waals surface area contributed by atoms with Gasteiger partial charge in [-0.2, -0.15) is 13.2 Å². The first kappa shape index (κ1) is 25.2. The zero-order valence-corrected chi connectivity index (χ0v) is 17.4. The van der Waals surface area contributed by atoms with Crippen molar-refractivity contribution in [3.63, 3.8) is 0 Å². The molecule has 1 amide bonds. The molecule has 2 heterocycles. The van der Waals surface area contributed by atoms with E-state index < -0.39 is 68.4 Å². The second-order valence-electron chi connectivity index (χ2n) is 7.34. The van der Waals surface area contributed by atoms with Crippen LogP contribution in [0.4, 0.5) is 26.3 Å². The van der Waals surface area contributed by atoms with E-state index in [1.807, 2.05) is 0 Å². The van der Waals surface area contributed by atoms with Crippen LogP contribution in [0.3, 0.4) is 0 Å². The molecule has 1 fully saturated rings. The van der Waals surface area contributed by atoms with Gasteiger partial charge in [-0.15, -0.1) is 14.9 Å². The lowest BCUT2D eigenvalue weighted by atomic mass is 10.0. The van der Waals surface area contributed by atoms with Crippen LogP contribution in [0.15, 0.2) is 17.2 Å². The van der Waals surface area contributed by atoms with E-state index in [1.165, 1.54) is 0 Å². The SMILES string of the molecule is NC(CC(=O)N1CCN2C(C(F)(F)F)=NN(OP(=O)(O)O)C2C1)Cc1cc(F)c(F)cc1F. The average molecular weight is 505 g/mol. The molecule has 1 aromatic rings. The lowest BCUT2D eigenvalue weighted by molar-refractivity contribution is -0.156. The number of amides is 1. The Labute approximate surface area is 182 Å². The summed E-state index contributed by atoms with van der Waals surface area (Å²) < 4.78 is 95.2. The van der Waals surface area contributed by atoms with E-state index in [2.05, 4.69) is 9.73 Å². The van der Waals surface area contributed by atoms with E-state index in [1.54, 1.807) is 0 Å². The number of rotatable bonds is 6. The zero-order valence-electron chi connectivity index (χ0n) is 16.5. The smallest absolute Gasteiger partial charge is 0.337 e. The molecule has 0 aromatic heterocycles. The third kappa shape index (κ3) is 5.95. The molecule has 33 heavy (non-hydrogen) atoms. The highest BCUT2D eigenvalue weighted by Crippen LogP contribution is 2.41. The molecule has 2 unspecified atom stereocenters. The van der Waals surface area contributed by atoms with Crippen LogP contribution >= 0.6 is 7.82 Å². The number of phosphoric acid groups is 1. The fourth-order valence-electron chi connectivity index (χ4n) is 3.47. The molecule has 0 spiro atoms. The number of hydrazone groups is 1. The standard InChI is InChI=1S/C16H18F6N5O5P/c17-10-6-12(19)11(18)4-8(10)3-9(23)5-14(28)25-1-2-26-13(7-25)27(32-33(29,30)31)24-15(26)16(20,21)22/h4,6,9,13H,1-3,5,7,23H2,(H2,29,30,31). The molecule has 0 radical (unpaired) electrons. The van der Waals surface area contributed by atoms with Crippen LogP contribution in [-0.4, -0.2) is 74.5 Å². The quantitative estimate of drug-likeness (QED) is 0.297. The van der Waals surface area contributed by atoms with Gasteiger partial charge in [0.2, 0.25) is 11.7 Å². The van der Waals surface area contributed by atoms with Gasteiger partial charge in [-0.1, -0.05) is 0 Å². The maximum atomic E-state index is 13.8. The number of carbonyl (C=O) groups excluding carboxylic acids is 1. The van der Waals surface area contributed by atoms with E-state index in [0.29, 0.717) is 17.0 Å². The number of alkyl halides is 3. The van der Waals surface area contributed by atoms with Crippen molar-refractivity contribution in [3.05, 3.63) is 35.1 Å². The van der Waals surface area contributed by atoms with Crippen molar-refractivity contribution >= 4 is 19.6 Å². The van der Waals surface area contributed by atoms with Crippen molar-refractivity contribution in [3.8, 4) is 0 Å². The van der Waals surface area contributed by atoms with Crippen molar-refractivity contribution in [1.82, 2.24) is 15.0 Å². The zero-order chi connectivity index (χ0) is 24.7. The number of halogens is 6. The first-order valence-electron chi connectivity index (χ1n) is 9.29. The Morgan fingerprint density at radius 2 is 1.85 bits per heavy atom. The molecule has 2 aliphatic heterocycles. The molecule has 10 nitrogen and oxygen atoms in total. The number of carbonyl (C=O) groups is 1. The normalized spacial score (nSPS) is 20.1. The maximum absolute atomic E-state index is 13.8. The minimum Gasteiger partial charge on any atom is -0.337 e. The molecular weight excluding hydrogens is 487 g/mol. The Kier molecular flexibility index (Phi) is 6.96. The Balaban J connectivity index is 1.67. The van der Waals surface area contributed by atoms with Gasteiger partial charge in [-0.25, -0.2) is 17.7 Å². The van der Waals surface area contributed by atoms with E-state index in [-0.39, 0.29) is 30.2 Å². The fraction of sp³-hybridized carbons (Fsp3) is 0.500. The van der Waals surface area contributed by atoms with Crippen LogP contribution in [0.2, 0.25) is 0 Å². The summed E-state index contributed by atoms with van der Waals surface area (Å²) in [6.45, 7) is -1.07. The monoisotopic (exact) mass is 505 g/mol. The predicted octanol–water partition coefficient (Wildman–Crippen LogP) is 1.05. The number of fused-ring (bicyclic) bond motifs is 1. The Hall–Kier alpha value is -2.39. The minimum atomic E-state index is -5.27. The van der Waals surface area contributed by atoms with Crippen LogP contribution < -0.4 is 5.73 Å². The largest absolute Gasteiger partial charge is 0.492 e. The van der Waals surface area contributed by atoms with Gasteiger partial charge in [0.1, 0.15) is 5.82 Å². The van der Waals surface area contributed by atoms with Gasteiger partial charge in [-0.05, 0) is 18.1 Å². The lowest BCUT2D eigenvalue weighted by Crippen LogP contribution is -2.59. The average Bonchev–Trinajstić information content (AvgIpc) is 3.02. The summed E-state index contributed by atoms with van der Waals surface area (Å²) in [5.74, 6) is -5.86. The van der Waals surface area contributed by atoms with Gasteiger partial charge in [0, 0.05) is 31.6 Å². The number of piperazine rings is 1. The molecule has 2 aliphatic rings. The summed E-state index contributed by atoms with van der Waals surface area (Å²) in [6, 6.07) is -0.0886. The second kappa shape index (κ2) is 9.10. The van der Waals surface area contributed by atoms with Crippen LogP contribution in [-0.2, 0) is 20.4 Å². The molecule has 2 atom stereocenters. The molecule has 1 aromatic carbocycles. The van der Waals surface area contributed by atoms with Gasteiger partial charge >= 0.3 is 14.0 Å². The highest BCUT2D eigenvalue weighted by atomic mass is 31.2. The third-order valence-corrected chi connectivity index (χ3v) is 5.26. The minimum absolute atomic E-state index is 0.0969. The molecule has 4 N–H and O–H groups in total. The Bertz CT molecular complexity index is 1000. The number of hydrogen-bond donors (Lipinski definition) is 3. The van der Waals surface area contributed by atoms with Crippen LogP contribution in [0.25, 0.3) is 0 Å². The van der Waals surface area contributed by atoms with Crippen molar-refractivity contribution < 1.29 is 50.1 Å². The van der Waals surface area contributed by atoms with Crippen LogP contribution in [0, 0.1) is 17.5 Å². The fourth-order valence-corrected chi connectivity index (χ4v) is 3.84. The molecule has 0 bridgehead atoms. The number of benzene rings is 1. The number of nitrogens with two attached hydrogens (primary N) is 1. The predicted molar refractivity (Wildman–Crippen MR) is 98.1 cm³/mol. The molecule has 0 aliphatic carbocycles. The molecule has 17 heteroatoms. The lowest BCUT2D eigenvalue weighted by Gasteiger charge is -2.40. The van der Waals surface area contributed by atoms with Crippen molar-refractivity contribution in [2.24, 2.45) is 10.8 Å². The summed E-state index contributed by atoms with van der Waals surface area (Å²) >= 11 is 0. The van der Waals surface area contributed by atoms with E-state index >= 15 is 0 Å². The number of amidine groups is 1. The Morgan fingerprint density at radius 1 is 1.21 bits per heavy atom. The summed E-state index contributed by atoms with van der Waals surface area (Å²) in [4.78, 5) is 32.3. The maximum Gasteiger partial charge on any atom is 0.492 e. The first-order chi connectivity index (χ1) is 15.2. The summed E-state index contributed by atoms with van der Waals surface area (Å²) in [7, 11) is -5.27. The van der Waals surface area contributed by atoms with Gasteiger partial charge in [-0.3, -0.25) is 4.79 Å². The van der Waals surface area contributed by atoms with Crippen molar-refractivity contribution in [2.75, 3.05) is 19.6 Å². The molecule has 3 rings (SSSR count). The van der Waals surface area contributed by atoms with Crippen LogP contribution in [0.1, 0.15) is 12.0 Å². The van der Waals surface area contributed by atoms with Crippen molar-refractivity contribution in [1.29, 1.82) is 0 Å². The number of nitrogens with zero attached hydrogens (tertiary/aromatic N) is 4. The molecular formula is C16H18F6N5O5P. The van der Waals surface area contributed by atoms with E-state index in [4.69, 9.17) is 15.5 Å². The van der Waals surface area contributed by atoms with Crippen molar-refractivity contribution in [2.45, 2.75) is 31.2 Å².